The fraction of sp³-hybridized carbons (Fsp3) is 0.227. The summed E-state index contributed by atoms with van der Waals surface area (Å²) in [6, 6.07) is 15.2. The Hall–Kier alpha value is -3.41. The number of carbonyl (C=O) groups is 2. The van der Waals surface area contributed by atoms with Crippen LogP contribution in [0.1, 0.15) is 33.8 Å². The zero-order valence-electron chi connectivity index (χ0n) is 15.0. The second-order valence-corrected chi connectivity index (χ2v) is 7.33. The van der Waals surface area contributed by atoms with Crippen molar-refractivity contribution in [1.82, 2.24) is 4.90 Å². The van der Waals surface area contributed by atoms with E-state index in [1.54, 1.807) is 41.3 Å². The van der Waals surface area contributed by atoms with Gasteiger partial charge in [-0.2, -0.15) is 0 Å². The predicted octanol–water partition coefficient (Wildman–Crippen LogP) is 3.04. The highest BCUT2D eigenvalue weighted by Crippen LogP contribution is 2.38. The largest absolute Gasteiger partial charge is 0.484 e. The van der Waals surface area contributed by atoms with E-state index in [0.717, 1.165) is 0 Å². The van der Waals surface area contributed by atoms with E-state index in [1.165, 1.54) is 6.07 Å². The van der Waals surface area contributed by atoms with Crippen LogP contribution in [0.5, 0.6) is 5.75 Å². The molecule has 1 amide bonds. The molecule has 0 N–H and O–H groups in total. The van der Waals surface area contributed by atoms with Gasteiger partial charge < -0.3 is 14.1 Å². The highest BCUT2D eigenvalue weighted by molar-refractivity contribution is 6.00. The predicted molar refractivity (Wildman–Crippen MR) is 102 cm³/mol. The lowest BCUT2D eigenvalue weighted by Crippen LogP contribution is -2.45. The van der Waals surface area contributed by atoms with E-state index in [4.69, 9.17) is 9.15 Å². The summed E-state index contributed by atoms with van der Waals surface area (Å²) in [6.07, 6.45) is 0.784. The maximum atomic E-state index is 12.9. The number of para-hydroxylation sites is 2. The van der Waals surface area contributed by atoms with Crippen LogP contribution in [0.3, 0.4) is 0 Å². The third-order valence-electron chi connectivity index (χ3n) is 5.45. The molecule has 1 fully saturated rings. The Labute approximate surface area is 160 Å². The molecule has 2 aliphatic heterocycles. The molecule has 2 aromatic carbocycles. The van der Waals surface area contributed by atoms with Crippen molar-refractivity contribution < 1.29 is 18.7 Å². The molecule has 3 heterocycles. The first-order valence-corrected chi connectivity index (χ1v) is 9.18. The standard InChI is InChI=1S/C22H17NO5/c24-16-11-20(27-18-7-3-1-5-14(16)18)21(26)23-10-9-22(13-23)12-17(25)15-6-2-4-8-19(15)28-22/h1-8,11H,9-10,12-13H2/t22-/m0/s1. The normalized spacial score (nSPS) is 21.0. The number of likely N-dealkylation sites (tertiary alicyclic amines) is 1. The van der Waals surface area contributed by atoms with Gasteiger partial charge >= 0.3 is 0 Å². The quantitative estimate of drug-likeness (QED) is 0.653. The van der Waals surface area contributed by atoms with Gasteiger partial charge in [0.1, 0.15) is 16.9 Å². The summed E-state index contributed by atoms with van der Waals surface area (Å²) in [4.78, 5) is 39.4. The molecule has 6 heteroatoms. The number of rotatable bonds is 1. The van der Waals surface area contributed by atoms with Crippen LogP contribution >= 0.6 is 0 Å². The van der Waals surface area contributed by atoms with Crippen molar-refractivity contribution in [3.8, 4) is 5.75 Å². The number of nitrogens with zero attached hydrogens (tertiary/aromatic N) is 1. The zero-order chi connectivity index (χ0) is 19.3. The number of benzene rings is 2. The Kier molecular flexibility index (Phi) is 3.62. The van der Waals surface area contributed by atoms with Crippen LogP contribution in [-0.4, -0.2) is 35.3 Å². The first-order chi connectivity index (χ1) is 13.5. The molecule has 2 aliphatic rings. The van der Waals surface area contributed by atoms with Crippen LogP contribution in [0.2, 0.25) is 0 Å². The Morgan fingerprint density at radius 1 is 1.04 bits per heavy atom. The molecule has 0 saturated carbocycles. The molecule has 1 atom stereocenters. The highest BCUT2D eigenvalue weighted by Gasteiger charge is 2.47. The molecular formula is C22H17NO5. The molecule has 3 aromatic rings. The number of amides is 1. The summed E-state index contributed by atoms with van der Waals surface area (Å²) in [5, 5.41) is 0.440. The van der Waals surface area contributed by atoms with Gasteiger partial charge in [-0.05, 0) is 24.3 Å². The fourth-order valence-electron chi connectivity index (χ4n) is 4.05. The molecule has 140 valence electrons. The van der Waals surface area contributed by atoms with E-state index in [0.29, 0.717) is 35.2 Å². The third-order valence-corrected chi connectivity index (χ3v) is 5.45. The van der Waals surface area contributed by atoms with Crippen LogP contribution in [0.15, 0.2) is 63.8 Å². The van der Waals surface area contributed by atoms with Crippen LogP contribution < -0.4 is 10.2 Å². The van der Waals surface area contributed by atoms with Gasteiger partial charge in [0, 0.05) is 19.0 Å². The lowest BCUT2D eigenvalue weighted by atomic mass is 9.89. The average Bonchev–Trinajstić information content (AvgIpc) is 3.10. The topological polar surface area (TPSA) is 76.8 Å². The minimum atomic E-state index is -0.724. The van der Waals surface area contributed by atoms with Gasteiger partial charge in [0.15, 0.2) is 17.0 Å². The summed E-state index contributed by atoms with van der Waals surface area (Å²) >= 11 is 0. The molecular weight excluding hydrogens is 358 g/mol. The molecule has 28 heavy (non-hydrogen) atoms. The minimum absolute atomic E-state index is 0.00304. The van der Waals surface area contributed by atoms with E-state index in [1.807, 2.05) is 12.1 Å². The molecule has 6 nitrogen and oxygen atoms in total. The molecule has 1 spiro atoms. The summed E-state index contributed by atoms with van der Waals surface area (Å²) in [5.41, 5.74) is -0.0149. The minimum Gasteiger partial charge on any atom is -0.484 e. The summed E-state index contributed by atoms with van der Waals surface area (Å²) in [5.74, 6) is 0.219. The van der Waals surface area contributed by atoms with Crippen LogP contribution in [0.25, 0.3) is 11.0 Å². The maximum absolute atomic E-state index is 12.9. The van der Waals surface area contributed by atoms with E-state index >= 15 is 0 Å². The second kappa shape index (κ2) is 6.05. The lowest BCUT2D eigenvalue weighted by molar-refractivity contribution is 0.0421. The molecule has 5 rings (SSSR count). The van der Waals surface area contributed by atoms with Crippen molar-refractivity contribution >= 4 is 22.7 Å². The second-order valence-electron chi connectivity index (χ2n) is 7.33. The average molecular weight is 375 g/mol. The fourth-order valence-corrected chi connectivity index (χ4v) is 4.05. The smallest absolute Gasteiger partial charge is 0.289 e. The van der Waals surface area contributed by atoms with Gasteiger partial charge in [-0.1, -0.05) is 24.3 Å². The van der Waals surface area contributed by atoms with Gasteiger partial charge in [0.2, 0.25) is 0 Å². The molecule has 1 saturated heterocycles. The summed E-state index contributed by atoms with van der Waals surface area (Å²) in [7, 11) is 0. The maximum Gasteiger partial charge on any atom is 0.289 e. The van der Waals surface area contributed by atoms with Crippen LogP contribution in [0, 0.1) is 0 Å². The SMILES string of the molecule is O=C1C[C@]2(CCN(C(=O)c3cc(=O)c4ccccc4o3)C2)Oc2ccccc21. The van der Waals surface area contributed by atoms with Gasteiger partial charge in [0.25, 0.3) is 5.91 Å². The number of hydrogen-bond donors (Lipinski definition) is 0. The van der Waals surface area contributed by atoms with Crippen molar-refractivity contribution in [2.75, 3.05) is 13.1 Å². The lowest BCUT2D eigenvalue weighted by Gasteiger charge is -2.34. The Bertz CT molecular complexity index is 1180. The van der Waals surface area contributed by atoms with E-state index in [-0.39, 0.29) is 35.8 Å². The van der Waals surface area contributed by atoms with Crippen LogP contribution in [-0.2, 0) is 0 Å². The zero-order valence-corrected chi connectivity index (χ0v) is 15.0. The Morgan fingerprint density at radius 3 is 2.71 bits per heavy atom. The molecule has 1 aromatic heterocycles. The first-order valence-electron chi connectivity index (χ1n) is 9.18. The summed E-state index contributed by atoms with van der Waals surface area (Å²) in [6.45, 7) is 0.716. The molecule has 0 unspecified atom stereocenters. The van der Waals surface area contributed by atoms with Crippen molar-refractivity contribution in [2.24, 2.45) is 0 Å². The Morgan fingerprint density at radius 2 is 1.82 bits per heavy atom. The molecule has 0 bridgehead atoms. The van der Waals surface area contributed by atoms with Gasteiger partial charge in [-0.25, -0.2) is 0 Å². The van der Waals surface area contributed by atoms with Gasteiger partial charge in [-0.3, -0.25) is 14.4 Å². The number of hydrogen-bond acceptors (Lipinski definition) is 5. The van der Waals surface area contributed by atoms with Crippen LogP contribution in [0.4, 0.5) is 0 Å². The first kappa shape index (κ1) is 16.7. The van der Waals surface area contributed by atoms with Gasteiger partial charge in [0.05, 0.1) is 23.9 Å². The van der Waals surface area contributed by atoms with Crippen molar-refractivity contribution in [2.45, 2.75) is 18.4 Å². The van der Waals surface area contributed by atoms with Gasteiger partial charge in [-0.15, -0.1) is 0 Å². The Balaban J connectivity index is 1.43. The summed E-state index contributed by atoms with van der Waals surface area (Å²) < 4.78 is 11.8. The number of carbonyl (C=O) groups excluding carboxylic acids is 2. The highest BCUT2D eigenvalue weighted by atomic mass is 16.5. The third kappa shape index (κ3) is 2.60. The van der Waals surface area contributed by atoms with Crippen molar-refractivity contribution in [3.05, 3.63) is 76.1 Å². The number of Topliss-reactive ketones (excluding diaryl/α,β-unsaturated/α-hetero) is 1. The number of fused-ring (bicyclic) bond motifs is 2. The molecule has 0 aliphatic carbocycles. The number of ketones is 1. The van der Waals surface area contributed by atoms with Crippen molar-refractivity contribution in [1.29, 1.82) is 0 Å². The van der Waals surface area contributed by atoms with Crippen molar-refractivity contribution in [3.63, 3.8) is 0 Å². The van der Waals surface area contributed by atoms with E-state index < -0.39 is 5.60 Å². The van der Waals surface area contributed by atoms with E-state index in [9.17, 15) is 14.4 Å². The van der Waals surface area contributed by atoms with E-state index in [2.05, 4.69) is 0 Å². The number of ether oxygens (including phenoxy) is 1. The molecule has 0 radical (unpaired) electrons. The monoisotopic (exact) mass is 375 g/mol.